The van der Waals surface area contributed by atoms with Crippen molar-refractivity contribution < 1.29 is 18.3 Å². The number of hydrogen-bond donors (Lipinski definition) is 1. The van der Waals surface area contributed by atoms with Gasteiger partial charge in [0.05, 0.1) is 48.7 Å². The van der Waals surface area contributed by atoms with E-state index in [9.17, 15) is 9.59 Å². The Hall–Kier alpha value is -2.85. The molecule has 1 N–H and O–H groups in total. The molecule has 2 aromatic heterocycles. The minimum absolute atomic E-state index is 0.0777. The molecule has 284 valence electrons. The highest BCUT2D eigenvalue weighted by Crippen LogP contribution is 2.37. The van der Waals surface area contributed by atoms with Crippen LogP contribution < -0.4 is 20.6 Å². The topological polar surface area (TPSA) is 118 Å². The molecule has 0 amide bonds. The van der Waals surface area contributed by atoms with Gasteiger partial charge < -0.3 is 27.9 Å². The van der Waals surface area contributed by atoms with Crippen molar-refractivity contribution in [2.45, 2.75) is 110 Å². The number of nitrogens with one attached hydrogen (secondary N) is 1. The highest BCUT2D eigenvalue weighted by atomic mass is 79.9. The van der Waals surface area contributed by atoms with Crippen molar-refractivity contribution in [1.29, 1.82) is 0 Å². The van der Waals surface area contributed by atoms with Crippen molar-refractivity contribution in [3.63, 3.8) is 0 Å². The van der Waals surface area contributed by atoms with E-state index in [4.69, 9.17) is 18.3 Å². The van der Waals surface area contributed by atoms with Crippen LogP contribution in [0.4, 0.5) is 0 Å². The molecule has 0 saturated heterocycles. The third-order valence-corrected chi connectivity index (χ3v) is 19.3. The van der Waals surface area contributed by atoms with Gasteiger partial charge >= 0.3 is 0 Å². The highest BCUT2D eigenvalue weighted by Gasteiger charge is 2.37. The fourth-order valence-electron chi connectivity index (χ4n) is 4.30. The van der Waals surface area contributed by atoms with Crippen LogP contribution in [0.5, 0.6) is 11.5 Å². The Morgan fingerprint density at radius 3 is 1.76 bits per heavy atom. The molecule has 2 aromatic carbocycles. The van der Waals surface area contributed by atoms with Gasteiger partial charge in [-0.05, 0) is 86.2 Å². The molecule has 0 spiro atoms. The lowest BCUT2D eigenvalue weighted by Crippen LogP contribution is -2.41. The number of aromatic amines is 1. The monoisotopic (exact) mass is 804 g/mol. The number of alkyl halides is 1. The van der Waals surface area contributed by atoms with Gasteiger partial charge in [0.15, 0.2) is 16.6 Å². The second kappa shape index (κ2) is 19.8. The van der Waals surface area contributed by atoms with E-state index in [1.807, 2.05) is 18.2 Å². The number of halogens is 1. The molecule has 2 heterocycles. The van der Waals surface area contributed by atoms with Gasteiger partial charge in [-0.2, -0.15) is 0 Å². The first-order valence-corrected chi connectivity index (χ1v) is 24.6. The number of H-pyrrole nitrogens is 1. The Morgan fingerprint density at radius 2 is 1.24 bits per heavy atom. The second-order valence-electron chi connectivity index (χ2n) is 15.6. The summed E-state index contributed by atoms with van der Waals surface area (Å²) >= 11 is 3.43. The predicted molar refractivity (Wildman–Crippen MR) is 220 cm³/mol. The molecule has 0 radical (unpaired) electrons. The maximum absolute atomic E-state index is 12.2. The van der Waals surface area contributed by atoms with Gasteiger partial charge in [0.1, 0.15) is 11.5 Å². The third kappa shape index (κ3) is 13.9. The van der Waals surface area contributed by atoms with Gasteiger partial charge in [-0.1, -0.05) is 57.5 Å². The van der Waals surface area contributed by atoms with Gasteiger partial charge in [-0.25, -0.2) is 9.97 Å². The van der Waals surface area contributed by atoms with Crippen LogP contribution in [-0.4, -0.2) is 68.9 Å². The summed E-state index contributed by atoms with van der Waals surface area (Å²) in [6.07, 6.45) is 6.87. The van der Waals surface area contributed by atoms with Crippen molar-refractivity contribution >= 4 is 54.6 Å². The van der Waals surface area contributed by atoms with E-state index < -0.39 is 16.6 Å². The van der Waals surface area contributed by atoms with Gasteiger partial charge in [-0.15, -0.1) is 0 Å². The Morgan fingerprint density at radius 1 is 0.725 bits per heavy atom. The quantitative estimate of drug-likeness (QED) is 0.0808. The molecular weight excluding hydrogens is 745 g/mol. The normalized spacial score (nSPS) is 12.2. The van der Waals surface area contributed by atoms with E-state index in [2.05, 4.69) is 98.6 Å². The number of hydrogen-bond acceptors (Lipinski definition) is 8. The predicted octanol–water partition coefficient (Wildman–Crippen LogP) is 9.32. The summed E-state index contributed by atoms with van der Waals surface area (Å²) in [6.45, 7) is 25.1. The number of aryl methyl sites for hydroxylation is 1. The molecule has 13 heteroatoms. The van der Waals surface area contributed by atoms with Crippen LogP contribution in [0.3, 0.4) is 0 Å². The van der Waals surface area contributed by atoms with E-state index in [1.165, 1.54) is 25.2 Å². The number of fused-ring (bicyclic) bond motifs is 2. The van der Waals surface area contributed by atoms with Crippen molar-refractivity contribution in [2.24, 2.45) is 0 Å². The van der Waals surface area contributed by atoms with Crippen LogP contribution in [0.2, 0.25) is 36.3 Å². The fourth-order valence-corrected chi connectivity index (χ4v) is 6.88. The molecule has 51 heavy (non-hydrogen) atoms. The fraction of sp³-hybridized carbons (Fsp3) is 0.579. The summed E-state index contributed by atoms with van der Waals surface area (Å²) in [5.74, 6) is 1.44. The molecule has 0 bridgehead atoms. The van der Waals surface area contributed by atoms with Crippen molar-refractivity contribution in [2.75, 3.05) is 32.8 Å². The molecule has 0 aliphatic rings. The van der Waals surface area contributed by atoms with E-state index in [1.54, 1.807) is 37.0 Å². The molecule has 10 nitrogen and oxygen atoms in total. The van der Waals surface area contributed by atoms with Crippen molar-refractivity contribution in [3.8, 4) is 11.5 Å². The molecule has 0 fully saturated rings. The Labute approximate surface area is 315 Å². The molecule has 0 unspecified atom stereocenters. The first kappa shape index (κ1) is 44.3. The average molecular weight is 806 g/mol. The number of ether oxygens (including phenoxy) is 2. The molecular formula is C38H61BrN4O6Si2. The maximum Gasteiger partial charge on any atom is 0.269 e. The number of unbranched alkanes of at least 4 members (excludes halogenated alkanes) is 2. The van der Waals surface area contributed by atoms with E-state index in [0.717, 1.165) is 53.7 Å². The van der Waals surface area contributed by atoms with Crippen LogP contribution in [0.25, 0.3) is 22.1 Å². The van der Waals surface area contributed by atoms with Gasteiger partial charge in [0.25, 0.3) is 11.1 Å². The molecule has 0 saturated carbocycles. The summed E-state index contributed by atoms with van der Waals surface area (Å²) in [7, 11) is 0.0358. The third-order valence-electron chi connectivity index (χ3n) is 9.68. The van der Waals surface area contributed by atoms with Gasteiger partial charge in [-0.3, -0.25) is 9.59 Å². The Balaban J connectivity index is 0.000000292. The minimum Gasteiger partial charge on any atom is -0.497 e. The standard InChI is InChI=1S/C19H30N2O3Si.C10H23BrOSi.C9H8N2O2/c1-19(2,3)25(5,6)24-12-8-7-11-21-17-13-15(23-4)9-10-16(17)20-14-18(21)22;1-10(2,3)13(4,5)12-9-7-6-8-11;1-13-6-2-3-7-8(4-6)11-9(12)5-10-7/h9-10,13-14H,7-8,11-12H2,1-6H3;6-9H2,1-5H3;2-5H,1H3,(H,11,12). The van der Waals surface area contributed by atoms with Crippen LogP contribution in [0, 0.1) is 0 Å². The zero-order valence-electron chi connectivity index (χ0n) is 32.9. The smallest absolute Gasteiger partial charge is 0.269 e. The Kier molecular flexibility index (Phi) is 17.2. The largest absolute Gasteiger partial charge is 0.497 e. The lowest BCUT2D eigenvalue weighted by Gasteiger charge is -2.36. The van der Waals surface area contributed by atoms with Crippen LogP contribution >= 0.6 is 15.9 Å². The second-order valence-corrected chi connectivity index (χ2v) is 26.0. The summed E-state index contributed by atoms with van der Waals surface area (Å²) in [5.41, 5.74) is 2.77. The molecule has 4 rings (SSSR count). The number of benzene rings is 2. The van der Waals surface area contributed by atoms with Gasteiger partial charge in [0.2, 0.25) is 0 Å². The Bertz CT molecular complexity index is 1780. The van der Waals surface area contributed by atoms with Crippen LogP contribution in [0.15, 0.2) is 58.4 Å². The lowest BCUT2D eigenvalue weighted by atomic mass is 10.2. The van der Waals surface area contributed by atoms with Crippen LogP contribution in [-0.2, 0) is 15.4 Å². The highest BCUT2D eigenvalue weighted by molar-refractivity contribution is 9.09. The lowest BCUT2D eigenvalue weighted by molar-refractivity contribution is 0.276. The zero-order chi connectivity index (χ0) is 38.5. The number of rotatable bonds is 13. The minimum atomic E-state index is -1.70. The van der Waals surface area contributed by atoms with Crippen LogP contribution in [0.1, 0.15) is 67.2 Å². The summed E-state index contributed by atoms with van der Waals surface area (Å²) in [5, 5.41) is 1.66. The van der Waals surface area contributed by atoms with Crippen molar-refractivity contribution in [3.05, 3.63) is 69.5 Å². The zero-order valence-corrected chi connectivity index (χ0v) is 36.5. The average Bonchev–Trinajstić information content (AvgIpc) is 3.06. The van der Waals surface area contributed by atoms with Crippen molar-refractivity contribution in [1.82, 2.24) is 19.5 Å². The number of nitrogens with zero attached hydrogens (tertiary/aromatic N) is 3. The first-order valence-electron chi connectivity index (χ1n) is 17.7. The summed E-state index contributed by atoms with van der Waals surface area (Å²) in [6, 6.07) is 10.9. The van der Waals surface area contributed by atoms with E-state index in [-0.39, 0.29) is 16.2 Å². The molecule has 0 aliphatic carbocycles. The summed E-state index contributed by atoms with van der Waals surface area (Å²) in [4.78, 5) is 34.0. The SMILES string of the molecule is CC(C)(C)[Si](C)(C)OCCCCBr.COc1ccc2ncc(=O)[nH]c2c1.COc1ccc2ncc(=O)n(CCCCO[Si](C)(C)C(C)(C)C)c2c1. The molecule has 4 aromatic rings. The van der Waals surface area contributed by atoms with E-state index in [0.29, 0.717) is 22.8 Å². The van der Waals surface area contributed by atoms with Gasteiger partial charge in [0, 0.05) is 37.2 Å². The maximum atomic E-state index is 12.2. The molecule has 0 aliphatic heterocycles. The summed E-state index contributed by atoms with van der Waals surface area (Å²) < 4.78 is 24.3. The number of methoxy groups -OCH3 is 2. The molecule has 0 atom stereocenters. The number of aromatic nitrogens is 4. The van der Waals surface area contributed by atoms with E-state index >= 15 is 0 Å². The first-order chi connectivity index (χ1) is 23.8.